The van der Waals surface area contributed by atoms with E-state index in [0.717, 1.165) is 31.3 Å². The standard InChI is InChI=1S/C26H36N2O2S/c1-20(2)17-30-18-22(27-13-6-7-14-27)16-28-24-11-4-5-12-26(24)31-19-25(28)21-9-8-10-23(15-21)29-3/h4-5,8-12,15,20,22,25H,6-7,13-14,16-19H2,1-3H3. The smallest absolute Gasteiger partial charge is 0.119 e. The summed E-state index contributed by atoms with van der Waals surface area (Å²) >= 11 is 1.96. The molecule has 31 heavy (non-hydrogen) atoms. The molecule has 2 unspecified atom stereocenters. The summed E-state index contributed by atoms with van der Waals surface area (Å²) in [6, 6.07) is 18.2. The summed E-state index contributed by atoms with van der Waals surface area (Å²) in [6.07, 6.45) is 2.60. The van der Waals surface area contributed by atoms with Crippen LogP contribution in [-0.4, -0.2) is 56.7 Å². The van der Waals surface area contributed by atoms with Gasteiger partial charge in [0.15, 0.2) is 0 Å². The highest BCUT2D eigenvalue weighted by Crippen LogP contribution is 2.43. The maximum Gasteiger partial charge on any atom is 0.119 e. The number of nitrogens with zero attached hydrogens (tertiary/aromatic N) is 2. The van der Waals surface area contributed by atoms with Gasteiger partial charge in [-0.2, -0.15) is 0 Å². The van der Waals surface area contributed by atoms with Crippen molar-refractivity contribution in [1.82, 2.24) is 4.90 Å². The van der Waals surface area contributed by atoms with Crippen molar-refractivity contribution in [2.24, 2.45) is 5.92 Å². The Morgan fingerprint density at radius 1 is 1.03 bits per heavy atom. The maximum atomic E-state index is 6.18. The molecule has 0 saturated carbocycles. The van der Waals surface area contributed by atoms with Crippen molar-refractivity contribution in [3.8, 4) is 5.75 Å². The Morgan fingerprint density at radius 3 is 2.61 bits per heavy atom. The SMILES string of the molecule is COc1cccc(C2CSc3ccccc3N2CC(COCC(C)C)N2CCCC2)c1. The van der Waals surface area contributed by atoms with Gasteiger partial charge in [0.2, 0.25) is 0 Å². The molecule has 0 aliphatic carbocycles. The van der Waals surface area contributed by atoms with Crippen LogP contribution in [0.5, 0.6) is 5.75 Å². The van der Waals surface area contributed by atoms with Gasteiger partial charge in [-0.1, -0.05) is 38.1 Å². The number of fused-ring (bicyclic) bond motifs is 1. The predicted molar refractivity (Wildman–Crippen MR) is 130 cm³/mol. The zero-order valence-corrected chi connectivity index (χ0v) is 19.9. The average molecular weight is 441 g/mol. The molecule has 2 heterocycles. The van der Waals surface area contributed by atoms with Crippen LogP contribution < -0.4 is 9.64 Å². The maximum absolute atomic E-state index is 6.18. The molecule has 1 fully saturated rings. The first-order valence-electron chi connectivity index (χ1n) is 11.6. The minimum atomic E-state index is 0.324. The van der Waals surface area contributed by atoms with E-state index in [9.17, 15) is 0 Å². The van der Waals surface area contributed by atoms with E-state index >= 15 is 0 Å². The molecular formula is C26H36N2O2S. The third-order valence-corrected chi connectivity index (χ3v) is 7.39. The fourth-order valence-corrected chi connectivity index (χ4v) is 5.86. The lowest BCUT2D eigenvalue weighted by Gasteiger charge is -2.42. The Balaban J connectivity index is 1.62. The Bertz CT molecular complexity index is 838. The van der Waals surface area contributed by atoms with E-state index < -0.39 is 0 Å². The summed E-state index contributed by atoms with van der Waals surface area (Å²) in [5.74, 6) is 2.54. The number of rotatable bonds is 9. The van der Waals surface area contributed by atoms with Crippen LogP contribution in [0.3, 0.4) is 0 Å². The summed E-state index contributed by atoms with van der Waals surface area (Å²) in [7, 11) is 1.75. The molecule has 0 spiro atoms. The zero-order valence-electron chi connectivity index (χ0n) is 19.1. The number of benzene rings is 2. The normalized spacial score (nSPS) is 20.1. The summed E-state index contributed by atoms with van der Waals surface area (Å²) in [5.41, 5.74) is 2.67. The molecular weight excluding hydrogens is 404 g/mol. The van der Waals surface area contributed by atoms with Gasteiger partial charge < -0.3 is 14.4 Å². The van der Waals surface area contributed by atoms with Crippen molar-refractivity contribution in [2.75, 3.05) is 50.6 Å². The van der Waals surface area contributed by atoms with E-state index in [1.807, 2.05) is 17.8 Å². The molecule has 168 valence electrons. The van der Waals surface area contributed by atoms with E-state index in [1.165, 1.54) is 42.1 Å². The minimum Gasteiger partial charge on any atom is -0.497 e. The highest BCUT2D eigenvalue weighted by atomic mass is 32.2. The van der Waals surface area contributed by atoms with E-state index in [1.54, 1.807) is 7.11 Å². The third kappa shape index (κ3) is 5.57. The highest BCUT2D eigenvalue weighted by molar-refractivity contribution is 7.99. The number of hydrogen-bond acceptors (Lipinski definition) is 5. The second-order valence-electron chi connectivity index (χ2n) is 9.05. The van der Waals surface area contributed by atoms with Gasteiger partial charge in [0.05, 0.1) is 31.5 Å². The van der Waals surface area contributed by atoms with Crippen molar-refractivity contribution in [2.45, 2.75) is 43.7 Å². The van der Waals surface area contributed by atoms with Crippen molar-refractivity contribution in [3.63, 3.8) is 0 Å². The van der Waals surface area contributed by atoms with E-state index in [4.69, 9.17) is 9.47 Å². The van der Waals surface area contributed by atoms with Crippen molar-refractivity contribution < 1.29 is 9.47 Å². The van der Waals surface area contributed by atoms with Crippen LogP contribution in [0.15, 0.2) is 53.4 Å². The summed E-state index contributed by atoms with van der Waals surface area (Å²) < 4.78 is 11.7. The van der Waals surface area contributed by atoms with Gasteiger partial charge in [0.1, 0.15) is 5.75 Å². The van der Waals surface area contributed by atoms with Crippen LogP contribution in [0.25, 0.3) is 0 Å². The molecule has 0 radical (unpaired) electrons. The number of hydrogen-bond donors (Lipinski definition) is 0. The predicted octanol–water partition coefficient (Wildman–Crippen LogP) is 5.49. The lowest BCUT2D eigenvalue weighted by Crippen LogP contribution is -2.48. The molecule has 0 bridgehead atoms. The van der Waals surface area contributed by atoms with Gasteiger partial charge in [0.25, 0.3) is 0 Å². The van der Waals surface area contributed by atoms with Gasteiger partial charge in [0, 0.05) is 23.8 Å². The number of thioether (sulfide) groups is 1. The average Bonchev–Trinajstić information content (AvgIpc) is 3.33. The third-order valence-electron chi connectivity index (χ3n) is 6.25. The number of ether oxygens (including phenoxy) is 2. The molecule has 2 aliphatic heterocycles. The largest absolute Gasteiger partial charge is 0.497 e. The molecule has 0 amide bonds. The van der Waals surface area contributed by atoms with Gasteiger partial charge in [-0.25, -0.2) is 0 Å². The second-order valence-corrected chi connectivity index (χ2v) is 10.1. The molecule has 4 rings (SSSR count). The quantitative estimate of drug-likeness (QED) is 0.514. The van der Waals surface area contributed by atoms with Crippen LogP contribution in [0, 0.1) is 5.92 Å². The van der Waals surface area contributed by atoms with E-state index in [-0.39, 0.29) is 0 Å². The molecule has 2 aromatic carbocycles. The molecule has 2 atom stereocenters. The summed E-state index contributed by atoms with van der Waals surface area (Å²) in [4.78, 5) is 6.65. The Labute approximate surface area is 191 Å². The first kappa shape index (κ1) is 22.5. The van der Waals surface area contributed by atoms with Crippen LogP contribution in [0.2, 0.25) is 0 Å². The minimum absolute atomic E-state index is 0.324. The Morgan fingerprint density at radius 2 is 1.84 bits per heavy atom. The number of likely N-dealkylation sites (tertiary alicyclic amines) is 1. The molecule has 0 N–H and O–H groups in total. The lowest BCUT2D eigenvalue weighted by atomic mass is 10.0. The van der Waals surface area contributed by atoms with E-state index in [0.29, 0.717) is 18.0 Å². The molecule has 2 aliphatic rings. The number of para-hydroxylation sites is 1. The summed E-state index contributed by atoms with van der Waals surface area (Å²) in [6.45, 7) is 9.43. The van der Waals surface area contributed by atoms with Gasteiger partial charge in [-0.3, -0.25) is 4.90 Å². The first-order valence-corrected chi connectivity index (χ1v) is 12.6. The monoisotopic (exact) mass is 440 g/mol. The van der Waals surface area contributed by atoms with Gasteiger partial charge in [-0.15, -0.1) is 11.8 Å². The highest BCUT2D eigenvalue weighted by Gasteiger charge is 2.32. The van der Waals surface area contributed by atoms with Crippen LogP contribution in [-0.2, 0) is 4.74 Å². The fraction of sp³-hybridized carbons (Fsp3) is 0.538. The molecule has 0 aromatic heterocycles. The second kappa shape index (κ2) is 10.8. The number of anilines is 1. The lowest BCUT2D eigenvalue weighted by molar-refractivity contribution is 0.0563. The molecule has 5 heteroatoms. The Hall–Kier alpha value is -1.69. The van der Waals surface area contributed by atoms with Crippen LogP contribution in [0.4, 0.5) is 5.69 Å². The van der Waals surface area contributed by atoms with Gasteiger partial charge >= 0.3 is 0 Å². The fourth-order valence-electron chi connectivity index (χ4n) is 4.64. The molecule has 1 saturated heterocycles. The topological polar surface area (TPSA) is 24.9 Å². The van der Waals surface area contributed by atoms with Crippen molar-refractivity contribution >= 4 is 17.4 Å². The van der Waals surface area contributed by atoms with Crippen molar-refractivity contribution in [1.29, 1.82) is 0 Å². The van der Waals surface area contributed by atoms with E-state index in [2.05, 4.69) is 66.1 Å². The van der Waals surface area contributed by atoms with Crippen LogP contribution in [0.1, 0.15) is 38.3 Å². The van der Waals surface area contributed by atoms with Gasteiger partial charge in [-0.05, 0) is 61.7 Å². The van der Waals surface area contributed by atoms with Crippen molar-refractivity contribution in [3.05, 3.63) is 54.1 Å². The van der Waals surface area contributed by atoms with Crippen LogP contribution >= 0.6 is 11.8 Å². The molecule has 2 aromatic rings. The number of methoxy groups -OCH3 is 1. The zero-order chi connectivity index (χ0) is 21.6. The molecule has 4 nitrogen and oxygen atoms in total. The Kier molecular flexibility index (Phi) is 7.81. The summed E-state index contributed by atoms with van der Waals surface area (Å²) in [5, 5.41) is 0. The first-order chi connectivity index (χ1) is 15.2.